The van der Waals surface area contributed by atoms with Crippen molar-refractivity contribution in [3.05, 3.63) is 101 Å². The third-order valence-electron chi connectivity index (χ3n) is 6.57. The molecule has 1 unspecified atom stereocenters. The molecule has 180 valence electrons. The Kier molecular flexibility index (Phi) is 8.22. The van der Waals surface area contributed by atoms with Gasteiger partial charge in [0.25, 0.3) is 0 Å². The number of amides is 1. The van der Waals surface area contributed by atoms with E-state index in [0.29, 0.717) is 26.2 Å². The van der Waals surface area contributed by atoms with Crippen molar-refractivity contribution in [2.45, 2.75) is 25.0 Å². The van der Waals surface area contributed by atoms with Crippen molar-refractivity contribution in [3.8, 4) is 6.07 Å². The first-order chi connectivity index (χ1) is 17.1. The van der Waals surface area contributed by atoms with Crippen LogP contribution in [0.2, 0.25) is 0 Å². The van der Waals surface area contributed by atoms with Crippen LogP contribution in [0.1, 0.15) is 34.5 Å². The number of piperazine rings is 1. The van der Waals surface area contributed by atoms with Gasteiger partial charge in [0.15, 0.2) is 0 Å². The minimum absolute atomic E-state index is 0.130. The van der Waals surface area contributed by atoms with Crippen molar-refractivity contribution in [2.24, 2.45) is 0 Å². The van der Waals surface area contributed by atoms with E-state index < -0.39 is 12.1 Å². The third-order valence-corrected chi connectivity index (χ3v) is 6.57. The number of nitrogens with one attached hydrogen (secondary N) is 1. The van der Waals surface area contributed by atoms with E-state index in [2.05, 4.69) is 21.3 Å². The van der Waals surface area contributed by atoms with Crippen LogP contribution in [0.4, 0.5) is 0 Å². The van der Waals surface area contributed by atoms with Gasteiger partial charge in [-0.1, -0.05) is 66.7 Å². The average molecular weight is 470 g/mol. The van der Waals surface area contributed by atoms with Crippen molar-refractivity contribution in [1.82, 2.24) is 20.1 Å². The number of aliphatic hydroxyl groups excluding tert-OH is 1. The van der Waals surface area contributed by atoms with Gasteiger partial charge in [-0.2, -0.15) is 5.26 Å². The van der Waals surface area contributed by atoms with Crippen molar-refractivity contribution in [2.75, 3.05) is 32.8 Å². The highest BCUT2D eigenvalue weighted by atomic mass is 16.3. The number of carbonyl (C=O) groups excluding carboxylic acids is 1. The Balaban J connectivity index is 1.45. The van der Waals surface area contributed by atoms with Gasteiger partial charge in [-0.3, -0.25) is 20.0 Å². The smallest absolute Gasteiger partial charge is 0.242 e. The summed E-state index contributed by atoms with van der Waals surface area (Å²) in [7, 11) is 0. The van der Waals surface area contributed by atoms with E-state index in [1.54, 1.807) is 11.1 Å². The molecule has 35 heavy (non-hydrogen) atoms. The van der Waals surface area contributed by atoms with Crippen LogP contribution < -0.4 is 5.32 Å². The highest BCUT2D eigenvalue weighted by Gasteiger charge is 2.32. The molecule has 1 amide bonds. The minimum Gasteiger partial charge on any atom is -0.394 e. The Hall–Kier alpha value is -3.57. The summed E-state index contributed by atoms with van der Waals surface area (Å²) >= 11 is 0. The summed E-state index contributed by atoms with van der Waals surface area (Å²) in [5.74, 6) is -0.130. The van der Waals surface area contributed by atoms with Crippen LogP contribution in [-0.4, -0.2) is 64.6 Å². The normalized spacial score (nSPS) is 16.0. The number of benzene rings is 2. The molecule has 0 radical (unpaired) electrons. The van der Waals surface area contributed by atoms with Crippen LogP contribution in [0.25, 0.3) is 0 Å². The monoisotopic (exact) mass is 469 g/mol. The highest BCUT2D eigenvalue weighted by Crippen LogP contribution is 2.25. The quantitative estimate of drug-likeness (QED) is 0.527. The molecule has 2 atom stereocenters. The van der Waals surface area contributed by atoms with Gasteiger partial charge in [0.2, 0.25) is 5.91 Å². The lowest BCUT2D eigenvalue weighted by molar-refractivity contribution is -0.136. The van der Waals surface area contributed by atoms with Crippen molar-refractivity contribution in [3.63, 3.8) is 0 Å². The van der Waals surface area contributed by atoms with Gasteiger partial charge in [-0.15, -0.1) is 0 Å². The van der Waals surface area contributed by atoms with Crippen LogP contribution >= 0.6 is 0 Å². The molecule has 1 aromatic heterocycles. The first-order valence-electron chi connectivity index (χ1n) is 11.9. The molecule has 2 aromatic carbocycles. The Morgan fingerprint density at radius 2 is 1.60 bits per heavy atom. The summed E-state index contributed by atoms with van der Waals surface area (Å²) < 4.78 is 0. The maximum atomic E-state index is 13.4. The van der Waals surface area contributed by atoms with E-state index in [0.717, 1.165) is 22.4 Å². The van der Waals surface area contributed by atoms with Crippen LogP contribution in [0.5, 0.6) is 0 Å². The number of carbonyl (C=O) groups is 1. The zero-order valence-corrected chi connectivity index (χ0v) is 19.9. The molecule has 2 heterocycles. The van der Waals surface area contributed by atoms with E-state index in [4.69, 9.17) is 0 Å². The molecule has 1 fully saturated rings. The fourth-order valence-corrected chi connectivity index (χ4v) is 4.63. The number of aromatic nitrogens is 1. The average Bonchev–Trinajstić information content (AvgIpc) is 2.92. The van der Waals surface area contributed by atoms with E-state index in [1.165, 1.54) is 0 Å². The second kappa shape index (κ2) is 11.7. The lowest BCUT2D eigenvalue weighted by atomic mass is 9.97. The number of nitrogens with zero attached hydrogens (tertiary/aromatic N) is 4. The largest absolute Gasteiger partial charge is 0.394 e. The summed E-state index contributed by atoms with van der Waals surface area (Å²) in [5, 5.41) is 23.4. The highest BCUT2D eigenvalue weighted by molar-refractivity contribution is 5.82. The maximum absolute atomic E-state index is 13.4. The molecule has 1 saturated heterocycles. The lowest BCUT2D eigenvalue weighted by Gasteiger charge is -2.38. The molecule has 0 saturated carbocycles. The Labute approximate surface area is 206 Å². The molecule has 4 rings (SSSR count). The number of pyridine rings is 1. The van der Waals surface area contributed by atoms with Crippen molar-refractivity contribution < 1.29 is 9.90 Å². The summed E-state index contributed by atoms with van der Waals surface area (Å²) in [6.45, 7) is 3.76. The van der Waals surface area contributed by atoms with Crippen LogP contribution in [0.15, 0.2) is 79.0 Å². The predicted octanol–water partition coefficient (Wildman–Crippen LogP) is 2.84. The fraction of sp³-hybridized carbons (Fsp3) is 0.321. The lowest BCUT2D eigenvalue weighted by Crippen LogP contribution is -2.56. The molecule has 1 aliphatic rings. The van der Waals surface area contributed by atoms with E-state index in [9.17, 15) is 15.2 Å². The molecule has 7 nitrogen and oxygen atoms in total. The zero-order valence-electron chi connectivity index (χ0n) is 19.9. The molecule has 0 aliphatic carbocycles. The molecule has 7 heteroatoms. The van der Waals surface area contributed by atoms with Gasteiger partial charge >= 0.3 is 0 Å². The molecule has 1 aliphatic heterocycles. The second-order valence-electron chi connectivity index (χ2n) is 8.73. The van der Waals surface area contributed by atoms with E-state index in [1.807, 2.05) is 79.7 Å². The summed E-state index contributed by atoms with van der Waals surface area (Å²) in [5.41, 5.74) is 3.80. The number of aryl methyl sites for hydroxylation is 1. The van der Waals surface area contributed by atoms with Crippen molar-refractivity contribution in [1.29, 1.82) is 5.26 Å². The maximum Gasteiger partial charge on any atom is 0.242 e. The molecule has 3 aromatic rings. The molecule has 0 bridgehead atoms. The van der Waals surface area contributed by atoms with E-state index >= 15 is 0 Å². The van der Waals surface area contributed by atoms with Gasteiger partial charge in [0.1, 0.15) is 12.1 Å². The fourth-order valence-electron chi connectivity index (χ4n) is 4.63. The standard InChI is InChI=1S/C28H31N5O2/c1-21-24(13-8-14-30-21)26(19-29)32-15-17-33(18-16-32)28(35)25(20-34)31-27(22-9-4-2-5-10-22)23-11-6-3-7-12-23/h2-14,25-27,31,34H,15-18,20H2,1H3/t25-,26?/m0/s1. The number of aliphatic hydroxyl groups is 1. The summed E-state index contributed by atoms with van der Waals surface area (Å²) in [6, 6.07) is 24.7. The number of nitriles is 1. The zero-order chi connectivity index (χ0) is 24.6. The third kappa shape index (κ3) is 5.75. The van der Waals surface area contributed by atoms with Gasteiger partial charge < -0.3 is 10.0 Å². The summed E-state index contributed by atoms with van der Waals surface area (Å²) in [4.78, 5) is 21.6. The van der Waals surface area contributed by atoms with Crippen LogP contribution in [-0.2, 0) is 4.79 Å². The SMILES string of the molecule is Cc1ncccc1C(C#N)N1CCN(C(=O)[C@H](CO)NC(c2ccccc2)c2ccccc2)CC1. The van der Waals surface area contributed by atoms with Gasteiger partial charge in [-0.05, 0) is 24.1 Å². The Morgan fingerprint density at radius 1 is 1.00 bits per heavy atom. The van der Waals surface area contributed by atoms with Crippen LogP contribution in [0, 0.1) is 18.3 Å². The van der Waals surface area contributed by atoms with Crippen molar-refractivity contribution >= 4 is 5.91 Å². The van der Waals surface area contributed by atoms with Gasteiger partial charge in [-0.25, -0.2) is 0 Å². The van der Waals surface area contributed by atoms with Crippen LogP contribution in [0.3, 0.4) is 0 Å². The van der Waals surface area contributed by atoms with Gasteiger partial charge in [0.05, 0.1) is 18.7 Å². The number of rotatable bonds is 8. The second-order valence-corrected chi connectivity index (χ2v) is 8.73. The molecular weight excluding hydrogens is 438 g/mol. The number of hydrogen-bond donors (Lipinski definition) is 2. The molecular formula is C28H31N5O2. The first kappa shape index (κ1) is 24.6. The topological polar surface area (TPSA) is 92.5 Å². The van der Waals surface area contributed by atoms with Gasteiger partial charge in [0, 0.05) is 43.6 Å². The van der Waals surface area contributed by atoms with E-state index in [-0.39, 0.29) is 18.6 Å². The first-order valence-corrected chi connectivity index (χ1v) is 11.9. The predicted molar refractivity (Wildman–Crippen MR) is 134 cm³/mol. The molecule has 0 spiro atoms. The minimum atomic E-state index is -0.737. The number of hydrogen-bond acceptors (Lipinski definition) is 6. The summed E-state index contributed by atoms with van der Waals surface area (Å²) in [6.07, 6.45) is 1.73. The Bertz CT molecular complexity index is 1100. The Morgan fingerprint density at radius 3 is 2.11 bits per heavy atom. The molecule has 2 N–H and O–H groups in total.